The first-order valence-corrected chi connectivity index (χ1v) is 18.1. The standard InChI is InChI=1S/C20H45O26P3/c21-1-9(23)17(31)11(25)3-41-47(35,36)43-5-13(27)19(33)15(29)7-45-49(39,40)46-8-16(30)20(34)14(28)6-44-48(37,38)42-4-12(26)18(32)10(24)2-22/h9-34H,1-8H2,(H,35,36)(H,37,38)(H,39,40)/t9-,10+,11+,12-,13-,14+,15+,16-,17-,18+,19-,20+. The first-order chi connectivity index (χ1) is 22.4. The summed E-state index contributed by atoms with van der Waals surface area (Å²) >= 11 is 0. The van der Waals surface area contributed by atoms with E-state index in [1.165, 1.54) is 0 Å². The molecule has 0 saturated heterocycles. The Morgan fingerprint density at radius 3 is 0.612 bits per heavy atom. The molecule has 0 rings (SSSR count). The molecule has 29 heteroatoms. The van der Waals surface area contributed by atoms with Crippen LogP contribution in [0.3, 0.4) is 0 Å². The van der Waals surface area contributed by atoms with Gasteiger partial charge in [-0.05, 0) is 0 Å². The summed E-state index contributed by atoms with van der Waals surface area (Å²) in [7, 11) is -15.4. The van der Waals surface area contributed by atoms with E-state index in [1.807, 2.05) is 0 Å². The molecular weight excluding hydrogens is 749 g/mol. The number of hydrogen-bond acceptors (Lipinski definition) is 23. The van der Waals surface area contributed by atoms with Crippen molar-refractivity contribution in [3.05, 3.63) is 0 Å². The Labute approximate surface area is 277 Å². The molecule has 0 aliphatic heterocycles. The summed E-state index contributed by atoms with van der Waals surface area (Å²) in [6, 6.07) is 0. The van der Waals surface area contributed by atoms with Crippen molar-refractivity contribution in [2.75, 3.05) is 52.9 Å². The number of aliphatic hydroxyl groups is 14. The molecule has 0 amide bonds. The zero-order valence-electron chi connectivity index (χ0n) is 25.2. The summed E-state index contributed by atoms with van der Waals surface area (Å²) in [5, 5.41) is 133. The summed E-state index contributed by atoms with van der Waals surface area (Å²) in [5.74, 6) is 0. The van der Waals surface area contributed by atoms with Gasteiger partial charge in [0.05, 0.1) is 52.9 Å². The number of phosphoric ester groups is 3. The highest BCUT2D eigenvalue weighted by Gasteiger charge is 2.36. The maximum absolute atomic E-state index is 12.0. The molecule has 17 N–H and O–H groups in total. The number of aliphatic hydroxyl groups excluding tert-OH is 14. The Hall–Kier alpha value is -0.230. The Morgan fingerprint density at radius 1 is 0.327 bits per heavy atom. The van der Waals surface area contributed by atoms with Gasteiger partial charge in [-0.15, -0.1) is 0 Å². The second-order valence-corrected chi connectivity index (χ2v) is 14.4. The number of phosphoric acid groups is 3. The zero-order chi connectivity index (χ0) is 38.3. The van der Waals surface area contributed by atoms with E-state index in [2.05, 4.69) is 27.1 Å². The molecule has 0 heterocycles. The lowest BCUT2D eigenvalue weighted by Gasteiger charge is -2.26. The quantitative estimate of drug-likeness (QED) is 0.0327. The van der Waals surface area contributed by atoms with Crippen molar-refractivity contribution in [1.29, 1.82) is 0 Å². The van der Waals surface area contributed by atoms with Gasteiger partial charge in [-0.2, -0.15) is 0 Å². The van der Waals surface area contributed by atoms with Crippen molar-refractivity contribution >= 4 is 23.5 Å². The van der Waals surface area contributed by atoms with E-state index in [1.54, 1.807) is 0 Å². The number of rotatable bonds is 28. The van der Waals surface area contributed by atoms with Gasteiger partial charge in [0.25, 0.3) is 0 Å². The molecule has 0 aromatic carbocycles. The third kappa shape index (κ3) is 19.4. The van der Waals surface area contributed by atoms with Crippen molar-refractivity contribution in [3.8, 4) is 0 Å². The van der Waals surface area contributed by atoms with E-state index >= 15 is 0 Å². The molecule has 0 saturated carbocycles. The maximum Gasteiger partial charge on any atom is 0.472 e. The molecule has 0 aromatic heterocycles. The summed E-state index contributed by atoms with van der Waals surface area (Å²) in [4.78, 5) is 28.8. The first kappa shape index (κ1) is 48.8. The van der Waals surface area contributed by atoms with E-state index in [0.29, 0.717) is 0 Å². The van der Waals surface area contributed by atoms with Crippen LogP contribution in [-0.2, 0) is 40.8 Å². The first-order valence-electron chi connectivity index (χ1n) is 13.6. The second kappa shape index (κ2) is 22.8. The Bertz CT molecular complexity index is 979. The molecule has 0 aliphatic carbocycles. The Morgan fingerprint density at radius 2 is 0.469 bits per heavy atom. The van der Waals surface area contributed by atoms with Gasteiger partial charge in [-0.25, -0.2) is 13.7 Å². The van der Waals surface area contributed by atoms with Gasteiger partial charge >= 0.3 is 23.5 Å². The van der Waals surface area contributed by atoms with Gasteiger partial charge in [0.2, 0.25) is 0 Å². The Kier molecular flexibility index (Phi) is 22.6. The fourth-order valence-corrected chi connectivity index (χ4v) is 5.24. The molecular formula is C20H45O26P3. The van der Waals surface area contributed by atoms with Crippen molar-refractivity contribution < 1.29 is 127 Å². The third-order valence-electron chi connectivity index (χ3n) is 5.98. The van der Waals surface area contributed by atoms with Crippen LogP contribution in [0.1, 0.15) is 0 Å². The lowest BCUT2D eigenvalue weighted by atomic mass is 10.1. The molecule has 15 atom stereocenters. The van der Waals surface area contributed by atoms with Crippen LogP contribution in [0.5, 0.6) is 0 Å². The van der Waals surface area contributed by atoms with Gasteiger partial charge in [-0.1, -0.05) is 0 Å². The van der Waals surface area contributed by atoms with Crippen LogP contribution in [0.4, 0.5) is 0 Å². The van der Waals surface area contributed by atoms with Crippen LogP contribution in [-0.4, -0.2) is 212 Å². The SMILES string of the molecule is O=P(O)(OC[C@@H](O)[C@@H](O)[C@@H](O)COP(=O)(O)OC[C@@H](O)[C@@H](O)[C@@H](O)COP(=O)(O)OC[C@@H](O)[C@@H](O)[C@@H](O)CO)OC[C@H](O)[C@H](O)[C@H](O)CO. The van der Waals surface area contributed by atoms with E-state index in [9.17, 15) is 89.7 Å². The molecule has 0 bridgehead atoms. The lowest BCUT2D eigenvalue weighted by Crippen LogP contribution is -2.43. The van der Waals surface area contributed by atoms with Gasteiger partial charge in [-0.3, -0.25) is 27.1 Å². The third-order valence-corrected chi connectivity index (χ3v) is 8.83. The number of hydrogen-bond donors (Lipinski definition) is 17. The predicted octanol–water partition coefficient (Wildman–Crippen LogP) is -8.30. The lowest BCUT2D eigenvalue weighted by molar-refractivity contribution is -0.100. The minimum absolute atomic E-state index is 0.967. The molecule has 0 aromatic rings. The fourth-order valence-electron chi connectivity index (χ4n) is 2.97. The van der Waals surface area contributed by atoms with Gasteiger partial charge < -0.3 is 86.2 Å². The largest absolute Gasteiger partial charge is 0.472 e. The molecule has 49 heavy (non-hydrogen) atoms. The van der Waals surface area contributed by atoms with Crippen molar-refractivity contribution in [2.24, 2.45) is 0 Å². The normalized spacial score (nSPS) is 23.7. The van der Waals surface area contributed by atoms with Crippen LogP contribution >= 0.6 is 23.5 Å². The van der Waals surface area contributed by atoms with Gasteiger partial charge in [0, 0.05) is 0 Å². The van der Waals surface area contributed by atoms with Crippen molar-refractivity contribution in [3.63, 3.8) is 0 Å². The smallest absolute Gasteiger partial charge is 0.394 e. The molecule has 0 radical (unpaired) electrons. The molecule has 0 aliphatic rings. The fraction of sp³-hybridized carbons (Fsp3) is 1.00. The van der Waals surface area contributed by atoms with Gasteiger partial charge in [0.1, 0.15) is 73.2 Å². The molecule has 26 nitrogen and oxygen atoms in total. The van der Waals surface area contributed by atoms with Crippen LogP contribution in [0, 0.1) is 0 Å². The van der Waals surface area contributed by atoms with Crippen LogP contribution in [0.25, 0.3) is 0 Å². The molecule has 0 spiro atoms. The topological polar surface area (TPSA) is 451 Å². The van der Waals surface area contributed by atoms with E-state index in [-0.39, 0.29) is 0 Å². The summed E-state index contributed by atoms with van der Waals surface area (Å²) in [6.45, 7) is -9.16. The highest BCUT2D eigenvalue weighted by Crippen LogP contribution is 2.45. The van der Waals surface area contributed by atoms with Gasteiger partial charge in [0.15, 0.2) is 0 Å². The summed E-state index contributed by atoms with van der Waals surface area (Å²) in [6.07, 6.45) is -25.0. The van der Waals surface area contributed by atoms with Crippen molar-refractivity contribution in [1.82, 2.24) is 0 Å². The summed E-state index contributed by atoms with van der Waals surface area (Å²) < 4.78 is 61.8. The molecule has 296 valence electrons. The Balaban J connectivity index is 4.69. The zero-order valence-corrected chi connectivity index (χ0v) is 27.9. The van der Waals surface area contributed by atoms with Crippen molar-refractivity contribution in [2.45, 2.75) is 73.2 Å². The van der Waals surface area contributed by atoms with E-state index in [0.717, 1.165) is 0 Å². The monoisotopic (exact) mass is 794 g/mol. The highest BCUT2D eigenvalue weighted by atomic mass is 31.2. The van der Waals surface area contributed by atoms with E-state index < -0.39 is 150 Å². The highest BCUT2D eigenvalue weighted by molar-refractivity contribution is 7.47. The average molecular weight is 794 g/mol. The van der Waals surface area contributed by atoms with Crippen LogP contribution in [0.15, 0.2) is 0 Å². The molecule has 0 fully saturated rings. The average Bonchev–Trinajstić information content (AvgIpc) is 3.06. The predicted molar refractivity (Wildman–Crippen MR) is 151 cm³/mol. The minimum Gasteiger partial charge on any atom is -0.394 e. The molecule has 3 unspecified atom stereocenters. The van der Waals surface area contributed by atoms with E-state index in [4.69, 9.17) is 10.2 Å². The minimum atomic E-state index is -5.23. The van der Waals surface area contributed by atoms with Crippen LogP contribution < -0.4 is 0 Å². The maximum atomic E-state index is 12.0. The summed E-state index contributed by atoms with van der Waals surface area (Å²) in [5.41, 5.74) is 0. The van der Waals surface area contributed by atoms with Crippen LogP contribution in [0.2, 0.25) is 0 Å². The second-order valence-electron chi connectivity index (χ2n) is 10.0.